The maximum Gasteiger partial charge on any atom is 0.227 e. The zero-order valence-corrected chi connectivity index (χ0v) is 9.78. The SMILES string of the molecule is CCN1CCN(C(=O)Cc2cc[nH]c2)CC1. The van der Waals surface area contributed by atoms with Crippen LogP contribution in [0.1, 0.15) is 12.5 Å². The van der Waals surface area contributed by atoms with Gasteiger partial charge in [0.2, 0.25) is 5.91 Å². The highest BCUT2D eigenvalue weighted by Gasteiger charge is 2.19. The molecule has 1 fully saturated rings. The molecule has 16 heavy (non-hydrogen) atoms. The van der Waals surface area contributed by atoms with Gasteiger partial charge >= 0.3 is 0 Å². The second-order valence-electron chi connectivity index (χ2n) is 4.21. The number of hydrogen-bond acceptors (Lipinski definition) is 2. The number of aromatic nitrogens is 1. The molecule has 88 valence electrons. The predicted molar refractivity (Wildman–Crippen MR) is 63.2 cm³/mol. The molecule has 2 heterocycles. The van der Waals surface area contributed by atoms with Gasteiger partial charge in [-0.05, 0) is 18.2 Å². The third kappa shape index (κ3) is 2.64. The first-order valence-corrected chi connectivity index (χ1v) is 5.91. The van der Waals surface area contributed by atoms with E-state index < -0.39 is 0 Å². The number of amides is 1. The number of H-pyrrole nitrogens is 1. The van der Waals surface area contributed by atoms with Crippen molar-refractivity contribution in [3.8, 4) is 0 Å². The van der Waals surface area contributed by atoms with E-state index in [1.807, 2.05) is 23.4 Å². The van der Waals surface area contributed by atoms with Gasteiger partial charge in [-0.25, -0.2) is 0 Å². The van der Waals surface area contributed by atoms with Crippen molar-refractivity contribution in [2.75, 3.05) is 32.7 Å². The summed E-state index contributed by atoms with van der Waals surface area (Å²) in [5, 5.41) is 0. The van der Waals surface area contributed by atoms with Gasteiger partial charge in [-0.1, -0.05) is 6.92 Å². The maximum atomic E-state index is 12.0. The number of carbonyl (C=O) groups excluding carboxylic acids is 1. The molecule has 1 saturated heterocycles. The Morgan fingerprint density at radius 2 is 2.12 bits per heavy atom. The van der Waals surface area contributed by atoms with Crippen molar-refractivity contribution in [1.82, 2.24) is 14.8 Å². The quantitative estimate of drug-likeness (QED) is 0.817. The Hall–Kier alpha value is -1.29. The molecular formula is C12H19N3O. The first kappa shape index (κ1) is 11.2. The Kier molecular flexibility index (Phi) is 3.62. The number of carbonyl (C=O) groups is 1. The fourth-order valence-corrected chi connectivity index (χ4v) is 2.07. The number of likely N-dealkylation sites (N-methyl/N-ethyl adjacent to an activating group) is 1. The van der Waals surface area contributed by atoms with E-state index in [2.05, 4.69) is 16.8 Å². The van der Waals surface area contributed by atoms with Crippen molar-refractivity contribution in [2.45, 2.75) is 13.3 Å². The van der Waals surface area contributed by atoms with E-state index in [4.69, 9.17) is 0 Å². The van der Waals surface area contributed by atoms with Gasteiger partial charge in [0.1, 0.15) is 0 Å². The van der Waals surface area contributed by atoms with Gasteiger partial charge in [0, 0.05) is 38.6 Å². The molecule has 0 spiro atoms. The molecule has 4 heteroatoms. The first-order valence-electron chi connectivity index (χ1n) is 5.91. The van der Waals surface area contributed by atoms with Crippen molar-refractivity contribution < 1.29 is 4.79 Å². The van der Waals surface area contributed by atoms with Crippen molar-refractivity contribution in [3.05, 3.63) is 24.0 Å². The molecular weight excluding hydrogens is 202 g/mol. The lowest BCUT2D eigenvalue weighted by molar-refractivity contribution is -0.132. The Morgan fingerprint density at radius 1 is 1.38 bits per heavy atom. The summed E-state index contributed by atoms with van der Waals surface area (Å²) in [5.74, 6) is 0.246. The van der Waals surface area contributed by atoms with Crippen LogP contribution in [0.2, 0.25) is 0 Å². The van der Waals surface area contributed by atoms with E-state index in [0.717, 1.165) is 38.3 Å². The van der Waals surface area contributed by atoms with E-state index in [1.165, 1.54) is 0 Å². The number of piperazine rings is 1. The second kappa shape index (κ2) is 5.16. The highest BCUT2D eigenvalue weighted by molar-refractivity contribution is 5.78. The van der Waals surface area contributed by atoms with Gasteiger partial charge < -0.3 is 14.8 Å². The van der Waals surface area contributed by atoms with Crippen molar-refractivity contribution >= 4 is 5.91 Å². The van der Waals surface area contributed by atoms with Crippen LogP contribution in [0.4, 0.5) is 0 Å². The topological polar surface area (TPSA) is 39.3 Å². The van der Waals surface area contributed by atoms with Crippen LogP contribution in [0, 0.1) is 0 Å². The smallest absolute Gasteiger partial charge is 0.227 e. The minimum Gasteiger partial charge on any atom is -0.367 e. The summed E-state index contributed by atoms with van der Waals surface area (Å²) in [5.41, 5.74) is 1.07. The predicted octanol–water partition coefficient (Wildman–Crippen LogP) is 0.721. The summed E-state index contributed by atoms with van der Waals surface area (Å²) in [6.07, 6.45) is 4.27. The zero-order chi connectivity index (χ0) is 11.4. The van der Waals surface area contributed by atoms with Gasteiger partial charge in [-0.3, -0.25) is 4.79 Å². The van der Waals surface area contributed by atoms with E-state index in [0.29, 0.717) is 6.42 Å². The lowest BCUT2D eigenvalue weighted by Gasteiger charge is -2.34. The molecule has 0 aromatic carbocycles. The molecule has 0 unspecified atom stereocenters. The average molecular weight is 221 g/mol. The molecule has 2 rings (SSSR count). The Balaban J connectivity index is 1.82. The van der Waals surface area contributed by atoms with E-state index in [1.54, 1.807) is 0 Å². The number of aromatic amines is 1. The third-order valence-electron chi connectivity index (χ3n) is 3.19. The number of nitrogens with one attached hydrogen (secondary N) is 1. The maximum absolute atomic E-state index is 12.0. The molecule has 1 N–H and O–H groups in total. The molecule has 0 saturated carbocycles. The summed E-state index contributed by atoms with van der Waals surface area (Å²) < 4.78 is 0. The molecule has 0 radical (unpaired) electrons. The zero-order valence-electron chi connectivity index (χ0n) is 9.78. The normalized spacial score (nSPS) is 17.7. The largest absolute Gasteiger partial charge is 0.367 e. The average Bonchev–Trinajstić information content (AvgIpc) is 2.82. The molecule has 1 amide bonds. The monoisotopic (exact) mass is 221 g/mol. The van der Waals surface area contributed by atoms with Gasteiger partial charge in [0.15, 0.2) is 0 Å². The van der Waals surface area contributed by atoms with E-state index in [9.17, 15) is 4.79 Å². The van der Waals surface area contributed by atoms with Gasteiger partial charge in [0.25, 0.3) is 0 Å². The molecule has 4 nitrogen and oxygen atoms in total. The lowest BCUT2D eigenvalue weighted by Crippen LogP contribution is -2.48. The van der Waals surface area contributed by atoms with Crippen LogP contribution in [-0.4, -0.2) is 53.4 Å². The molecule has 0 bridgehead atoms. The fourth-order valence-electron chi connectivity index (χ4n) is 2.07. The van der Waals surface area contributed by atoms with Crippen molar-refractivity contribution in [3.63, 3.8) is 0 Å². The van der Waals surface area contributed by atoms with Gasteiger partial charge in [0.05, 0.1) is 6.42 Å². The van der Waals surface area contributed by atoms with Crippen LogP contribution in [0.3, 0.4) is 0 Å². The minimum absolute atomic E-state index is 0.246. The molecule has 0 atom stereocenters. The number of rotatable bonds is 3. The van der Waals surface area contributed by atoms with E-state index >= 15 is 0 Å². The summed E-state index contributed by atoms with van der Waals surface area (Å²) in [6.45, 7) is 7.01. The van der Waals surface area contributed by atoms with Crippen LogP contribution < -0.4 is 0 Å². The number of nitrogens with zero attached hydrogens (tertiary/aromatic N) is 2. The van der Waals surface area contributed by atoms with Gasteiger partial charge in [-0.2, -0.15) is 0 Å². The van der Waals surface area contributed by atoms with Gasteiger partial charge in [-0.15, -0.1) is 0 Å². The van der Waals surface area contributed by atoms with Crippen LogP contribution in [0.5, 0.6) is 0 Å². The summed E-state index contributed by atoms with van der Waals surface area (Å²) >= 11 is 0. The molecule has 1 aliphatic heterocycles. The first-order chi connectivity index (χ1) is 7.79. The van der Waals surface area contributed by atoms with Crippen molar-refractivity contribution in [1.29, 1.82) is 0 Å². The summed E-state index contributed by atoms with van der Waals surface area (Å²) in [4.78, 5) is 19.3. The number of hydrogen-bond donors (Lipinski definition) is 1. The van der Waals surface area contributed by atoms with Crippen LogP contribution in [0.25, 0.3) is 0 Å². The van der Waals surface area contributed by atoms with Crippen LogP contribution in [0.15, 0.2) is 18.5 Å². The lowest BCUT2D eigenvalue weighted by atomic mass is 10.2. The fraction of sp³-hybridized carbons (Fsp3) is 0.583. The summed E-state index contributed by atoms with van der Waals surface area (Å²) in [7, 11) is 0. The van der Waals surface area contributed by atoms with Crippen LogP contribution >= 0.6 is 0 Å². The molecule has 1 aromatic rings. The second-order valence-corrected chi connectivity index (χ2v) is 4.21. The molecule has 1 aromatic heterocycles. The highest BCUT2D eigenvalue weighted by Crippen LogP contribution is 2.06. The molecule has 1 aliphatic rings. The van der Waals surface area contributed by atoms with E-state index in [-0.39, 0.29) is 5.91 Å². The Morgan fingerprint density at radius 3 is 2.69 bits per heavy atom. The standard InChI is InChI=1S/C12H19N3O/c1-2-14-5-7-15(8-6-14)12(16)9-11-3-4-13-10-11/h3-4,10,13H,2,5-9H2,1H3. The third-order valence-corrected chi connectivity index (χ3v) is 3.19. The Bertz CT molecular complexity index is 326. The minimum atomic E-state index is 0.246. The van der Waals surface area contributed by atoms with Crippen molar-refractivity contribution in [2.24, 2.45) is 0 Å². The van der Waals surface area contributed by atoms with Crippen LogP contribution in [-0.2, 0) is 11.2 Å². The Labute approximate surface area is 96.2 Å². The highest BCUT2D eigenvalue weighted by atomic mass is 16.2. The summed E-state index contributed by atoms with van der Waals surface area (Å²) in [6, 6.07) is 1.96. The molecule has 0 aliphatic carbocycles.